The number of fused-ring (bicyclic) bond motifs is 1. The second-order valence-electron chi connectivity index (χ2n) is 6.35. The fourth-order valence-corrected chi connectivity index (χ4v) is 3.41. The highest BCUT2D eigenvalue weighted by molar-refractivity contribution is 5.81. The van der Waals surface area contributed by atoms with Crippen LogP contribution in [0.15, 0.2) is 18.2 Å². The van der Waals surface area contributed by atoms with E-state index in [4.69, 9.17) is 15.2 Å². The van der Waals surface area contributed by atoms with Gasteiger partial charge in [-0.3, -0.25) is 4.79 Å². The van der Waals surface area contributed by atoms with Crippen LogP contribution in [0.25, 0.3) is 0 Å². The van der Waals surface area contributed by atoms with Crippen LogP contribution in [0.5, 0.6) is 11.5 Å². The van der Waals surface area contributed by atoms with Crippen LogP contribution in [0.4, 0.5) is 0 Å². The van der Waals surface area contributed by atoms with Gasteiger partial charge in [0.05, 0.1) is 6.04 Å². The van der Waals surface area contributed by atoms with Crippen molar-refractivity contribution in [2.45, 2.75) is 44.1 Å². The number of benzene rings is 1. The summed E-state index contributed by atoms with van der Waals surface area (Å²) in [6.07, 6.45) is 4.52. The van der Waals surface area contributed by atoms with Crippen molar-refractivity contribution in [2.24, 2.45) is 5.73 Å². The van der Waals surface area contributed by atoms with E-state index >= 15 is 0 Å². The summed E-state index contributed by atoms with van der Waals surface area (Å²) in [6, 6.07) is 5.70. The van der Waals surface area contributed by atoms with Crippen molar-refractivity contribution < 1.29 is 14.3 Å². The molecule has 1 amide bonds. The van der Waals surface area contributed by atoms with E-state index < -0.39 is 6.04 Å². The van der Waals surface area contributed by atoms with Crippen molar-refractivity contribution in [3.8, 4) is 11.5 Å². The van der Waals surface area contributed by atoms with Crippen LogP contribution in [0, 0.1) is 0 Å². The van der Waals surface area contributed by atoms with Gasteiger partial charge < -0.3 is 20.5 Å². The van der Waals surface area contributed by atoms with Gasteiger partial charge in [-0.1, -0.05) is 18.9 Å². The highest BCUT2D eigenvalue weighted by Gasteiger charge is 2.37. The quantitative estimate of drug-likeness (QED) is 0.888. The molecule has 2 aliphatic rings. The highest BCUT2D eigenvalue weighted by atomic mass is 16.6. The summed E-state index contributed by atoms with van der Waals surface area (Å²) in [6.45, 7) is 3.53. The third kappa shape index (κ3) is 2.90. The Morgan fingerprint density at radius 1 is 1.27 bits per heavy atom. The van der Waals surface area contributed by atoms with E-state index in [-0.39, 0.29) is 11.3 Å². The monoisotopic (exact) mass is 304 g/mol. The number of amides is 1. The summed E-state index contributed by atoms with van der Waals surface area (Å²) in [4.78, 5) is 11.8. The first-order valence-corrected chi connectivity index (χ1v) is 8.04. The summed E-state index contributed by atoms with van der Waals surface area (Å²) >= 11 is 0. The molecule has 1 aromatic rings. The number of carbonyl (C=O) groups is 1. The molecule has 0 saturated heterocycles. The molecule has 1 aliphatic heterocycles. The number of ether oxygens (including phenoxy) is 2. The molecule has 1 fully saturated rings. The second kappa shape index (κ2) is 6.16. The molecular weight excluding hydrogens is 280 g/mol. The Balaban J connectivity index is 1.82. The molecule has 0 radical (unpaired) electrons. The predicted molar refractivity (Wildman–Crippen MR) is 84.2 cm³/mol. The summed E-state index contributed by atoms with van der Waals surface area (Å²) in [5.74, 6) is 1.53. The molecule has 5 nitrogen and oxygen atoms in total. The van der Waals surface area contributed by atoms with Gasteiger partial charge in [-0.05, 0) is 37.5 Å². The maximum atomic E-state index is 11.8. The van der Waals surface area contributed by atoms with E-state index in [0.29, 0.717) is 19.8 Å². The van der Waals surface area contributed by atoms with Crippen LogP contribution in [-0.2, 0) is 10.2 Å². The van der Waals surface area contributed by atoms with Gasteiger partial charge in [0.1, 0.15) is 13.2 Å². The molecule has 120 valence electrons. The molecule has 5 heteroatoms. The van der Waals surface area contributed by atoms with Crippen molar-refractivity contribution >= 4 is 5.91 Å². The lowest BCUT2D eigenvalue weighted by Gasteiger charge is -2.31. The molecule has 1 aromatic carbocycles. The van der Waals surface area contributed by atoms with E-state index in [9.17, 15) is 4.79 Å². The van der Waals surface area contributed by atoms with Gasteiger partial charge in [0, 0.05) is 12.0 Å². The minimum absolute atomic E-state index is 0.0135. The number of nitrogens with two attached hydrogens (primary N) is 1. The van der Waals surface area contributed by atoms with E-state index in [1.54, 1.807) is 6.92 Å². The Bertz CT molecular complexity index is 551. The first kappa shape index (κ1) is 15.2. The van der Waals surface area contributed by atoms with E-state index in [0.717, 1.165) is 24.3 Å². The maximum Gasteiger partial charge on any atom is 0.236 e. The van der Waals surface area contributed by atoms with E-state index in [1.807, 2.05) is 6.07 Å². The number of nitrogens with one attached hydrogen (secondary N) is 1. The molecule has 3 rings (SSSR count). The van der Waals surface area contributed by atoms with Crippen LogP contribution in [0.2, 0.25) is 0 Å². The zero-order chi connectivity index (χ0) is 15.6. The summed E-state index contributed by atoms with van der Waals surface area (Å²) in [5, 5.41) is 3.01. The van der Waals surface area contributed by atoms with Gasteiger partial charge in [-0.2, -0.15) is 0 Å². The molecule has 1 aliphatic carbocycles. The lowest BCUT2D eigenvalue weighted by Crippen LogP contribution is -2.45. The molecule has 1 saturated carbocycles. The van der Waals surface area contributed by atoms with Crippen molar-refractivity contribution in [1.82, 2.24) is 5.32 Å². The van der Waals surface area contributed by atoms with Gasteiger partial charge in [0.15, 0.2) is 11.5 Å². The van der Waals surface area contributed by atoms with Crippen molar-refractivity contribution in [3.05, 3.63) is 23.8 Å². The van der Waals surface area contributed by atoms with Crippen LogP contribution < -0.4 is 20.5 Å². The molecular formula is C17H24N2O3. The molecule has 0 spiro atoms. The topological polar surface area (TPSA) is 73.6 Å². The Labute approximate surface area is 131 Å². The average molecular weight is 304 g/mol. The van der Waals surface area contributed by atoms with Gasteiger partial charge in [0.25, 0.3) is 0 Å². The number of carbonyl (C=O) groups excluding carboxylic acids is 1. The van der Waals surface area contributed by atoms with Crippen LogP contribution in [0.3, 0.4) is 0 Å². The Morgan fingerprint density at radius 3 is 2.64 bits per heavy atom. The van der Waals surface area contributed by atoms with Crippen LogP contribution in [-0.4, -0.2) is 31.7 Å². The number of hydrogen-bond acceptors (Lipinski definition) is 4. The lowest BCUT2D eigenvalue weighted by atomic mass is 9.78. The van der Waals surface area contributed by atoms with Crippen molar-refractivity contribution in [3.63, 3.8) is 0 Å². The Morgan fingerprint density at radius 2 is 1.95 bits per heavy atom. The van der Waals surface area contributed by atoms with Crippen molar-refractivity contribution in [1.29, 1.82) is 0 Å². The smallest absolute Gasteiger partial charge is 0.236 e. The molecule has 0 bridgehead atoms. The van der Waals surface area contributed by atoms with Gasteiger partial charge in [0.2, 0.25) is 5.91 Å². The molecule has 1 heterocycles. The van der Waals surface area contributed by atoms with E-state index in [2.05, 4.69) is 17.4 Å². The largest absolute Gasteiger partial charge is 0.486 e. The zero-order valence-electron chi connectivity index (χ0n) is 13.1. The Kier molecular flexibility index (Phi) is 4.25. The standard InChI is InChI=1S/C17H24N2O3/c1-12(18)16(20)19-11-17(6-2-3-7-17)13-4-5-14-15(10-13)22-9-8-21-14/h4-5,10,12H,2-3,6-9,11,18H2,1H3,(H,19,20)/t12-/m1/s1. The van der Waals surface area contributed by atoms with Gasteiger partial charge in [-0.15, -0.1) is 0 Å². The number of rotatable bonds is 4. The molecule has 22 heavy (non-hydrogen) atoms. The first-order valence-electron chi connectivity index (χ1n) is 8.04. The van der Waals surface area contributed by atoms with Crippen LogP contribution in [0.1, 0.15) is 38.2 Å². The molecule has 0 unspecified atom stereocenters. The van der Waals surface area contributed by atoms with E-state index in [1.165, 1.54) is 18.4 Å². The summed E-state index contributed by atoms with van der Waals surface area (Å²) in [7, 11) is 0. The molecule has 3 N–H and O–H groups in total. The normalized spacial score (nSPS) is 20.5. The highest BCUT2D eigenvalue weighted by Crippen LogP contribution is 2.43. The first-order chi connectivity index (χ1) is 10.6. The zero-order valence-corrected chi connectivity index (χ0v) is 13.1. The van der Waals surface area contributed by atoms with Gasteiger partial charge >= 0.3 is 0 Å². The van der Waals surface area contributed by atoms with Crippen LogP contribution >= 0.6 is 0 Å². The molecule has 0 aromatic heterocycles. The molecule has 1 atom stereocenters. The fraction of sp³-hybridized carbons (Fsp3) is 0.588. The Hall–Kier alpha value is -1.75. The van der Waals surface area contributed by atoms with Crippen molar-refractivity contribution in [2.75, 3.05) is 19.8 Å². The lowest BCUT2D eigenvalue weighted by molar-refractivity contribution is -0.122. The summed E-state index contributed by atoms with van der Waals surface area (Å²) < 4.78 is 11.3. The maximum absolute atomic E-state index is 11.8. The predicted octanol–water partition coefficient (Wildman–Crippen LogP) is 1.73. The third-order valence-corrected chi connectivity index (χ3v) is 4.73. The fourth-order valence-electron chi connectivity index (χ4n) is 3.41. The summed E-state index contributed by atoms with van der Waals surface area (Å²) in [5.41, 5.74) is 6.85. The third-order valence-electron chi connectivity index (χ3n) is 4.73. The minimum atomic E-state index is -0.473. The SMILES string of the molecule is C[C@@H](N)C(=O)NCC1(c2ccc3c(c2)OCCO3)CCCC1. The minimum Gasteiger partial charge on any atom is -0.486 e. The average Bonchev–Trinajstić information content (AvgIpc) is 3.02. The number of hydrogen-bond donors (Lipinski definition) is 2. The van der Waals surface area contributed by atoms with Gasteiger partial charge in [-0.25, -0.2) is 0 Å². The second-order valence-corrected chi connectivity index (χ2v) is 6.35.